The summed E-state index contributed by atoms with van der Waals surface area (Å²) in [6, 6.07) is 3.73. The number of nitrogens with one attached hydrogen (secondary N) is 2. The Morgan fingerprint density at radius 3 is 2.78 bits per heavy atom. The van der Waals surface area contributed by atoms with Crippen LogP contribution in [0.4, 0.5) is 5.82 Å². The Balaban J connectivity index is 2.64. The van der Waals surface area contributed by atoms with E-state index in [1.165, 1.54) is 0 Å². The molecule has 4 nitrogen and oxygen atoms in total. The zero-order valence-electron chi connectivity index (χ0n) is 11.7. The van der Waals surface area contributed by atoms with Crippen molar-refractivity contribution in [3.63, 3.8) is 0 Å². The molecular weight excluding hydrogens is 226 g/mol. The van der Waals surface area contributed by atoms with Gasteiger partial charge in [0.25, 0.3) is 5.91 Å². The van der Waals surface area contributed by atoms with Gasteiger partial charge in [-0.25, -0.2) is 4.98 Å². The van der Waals surface area contributed by atoms with E-state index in [4.69, 9.17) is 0 Å². The van der Waals surface area contributed by atoms with Crippen molar-refractivity contribution in [2.24, 2.45) is 5.92 Å². The number of nitrogens with zero attached hydrogens (tertiary/aromatic N) is 1. The van der Waals surface area contributed by atoms with Crippen LogP contribution in [0, 0.1) is 5.92 Å². The Morgan fingerprint density at radius 2 is 2.17 bits per heavy atom. The molecule has 1 heterocycles. The van der Waals surface area contributed by atoms with Gasteiger partial charge in [0.1, 0.15) is 5.82 Å². The van der Waals surface area contributed by atoms with Crippen molar-refractivity contribution < 1.29 is 4.79 Å². The largest absolute Gasteiger partial charge is 0.372 e. The standard InChI is InChI=1S/C14H23N3O/c1-5-10(2)9-11(3)17-14(18)12-7-6-8-16-13(12)15-4/h6-8,10-11H,5,9H2,1-4H3,(H,15,16)(H,17,18). The molecule has 18 heavy (non-hydrogen) atoms. The number of rotatable bonds is 6. The summed E-state index contributed by atoms with van der Waals surface area (Å²) in [5.74, 6) is 1.17. The van der Waals surface area contributed by atoms with E-state index in [2.05, 4.69) is 29.5 Å². The highest BCUT2D eigenvalue weighted by Gasteiger charge is 2.15. The molecule has 0 aliphatic heterocycles. The molecule has 0 radical (unpaired) electrons. The Hall–Kier alpha value is -1.58. The van der Waals surface area contributed by atoms with Crippen molar-refractivity contribution >= 4 is 11.7 Å². The second kappa shape index (κ2) is 6.99. The quantitative estimate of drug-likeness (QED) is 0.815. The fourth-order valence-electron chi connectivity index (χ4n) is 1.92. The van der Waals surface area contributed by atoms with E-state index >= 15 is 0 Å². The molecule has 0 spiro atoms. The summed E-state index contributed by atoms with van der Waals surface area (Å²) in [6.07, 6.45) is 3.80. The summed E-state index contributed by atoms with van der Waals surface area (Å²) in [4.78, 5) is 16.2. The lowest BCUT2D eigenvalue weighted by Gasteiger charge is -2.18. The normalized spacial score (nSPS) is 13.8. The third-order valence-corrected chi connectivity index (χ3v) is 3.12. The van der Waals surface area contributed by atoms with Gasteiger partial charge in [0.15, 0.2) is 0 Å². The van der Waals surface area contributed by atoms with Crippen molar-refractivity contribution in [3.8, 4) is 0 Å². The minimum absolute atomic E-state index is 0.0664. The van der Waals surface area contributed by atoms with Crippen molar-refractivity contribution in [1.82, 2.24) is 10.3 Å². The Bertz CT molecular complexity index is 392. The fraction of sp³-hybridized carbons (Fsp3) is 0.571. The maximum Gasteiger partial charge on any atom is 0.255 e. The van der Waals surface area contributed by atoms with E-state index in [1.54, 1.807) is 25.4 Å². The molecule has 1 amide bonds. The van der Waals surface area contributed by atoms with E-state index in [-0.39, 0.29) is 11.9 Å². The summed E-state index contributed by atoms with van der Waals surface area (Å²) in [5, 5.41) is 5.95. The van der Waals surface area contributed by atoms with Crippen molar-refractivity contribution in [3.05, 3.63) is 23.9 Å². The molecule has 0 aromatic carbocycles. The number of hydrogen-bond acceptors (Lipinski definition) is 3. The van der Waals surface area contributed by atoms with E-state index in [0.717, 1.165) is 12.8 Å². The van der Waals surface area contributed by atoms with Crippen LogP contribution in [0.15, 0.2) is 18.3 Å². The van der Waals surface area contributed by atoms with Crippen LogP contribution in [-0.4, -0.2) is 24.0 Å². The van der Waals surface area contributed by atoms with Gasteiger partial charge in [-0.3, -0.25) is 4.79 Å². The minimum Gasteiger partial charge on any atom is -0.372 e. The van der Waals surface area contributed by atoms with Crippen LogP contribution in [0.2, 0.25) is 0 Å². The second-order valence-electron chi connectivity index (χ2n) is 4.77. The zero-order chi connectivity index (χ0) is 13.5. The number of pyridine rings is 1. The molecule has 1 rings (SSSR count). The number of carbonyl (C=O) groups excluding carboxylic acids is 1. The lowest BCUT2D eigenvalue weighted by molar-refractivity contribution is 0.0936. The van der Waals surface area contributed by atoms with Crippen LogP contribution in [0.1, 0.15) is 44.0 Å². The summed E-state index contributed by atoms with van der Waals surface area (Å²) < 4.78 is 0. The number of amides is 1. The van der Waals surface area contributed by atoms with Gasteiger partial charge in [-0.1, -0.05) is 20.3 Å². The Morgan fingerprint density at radius 1 is 1.44 bits per heavy atom. The van der Waals surface area contributed by atoms with Gasteiger partial charge < -0.3 is 10.6 Å². The number of anilines is 1. The molecule has 2 N–H and O–H groups in total. The number of aromatic nitrogens is 1. The molecule has 0 saturated carbocycles. The Kier molecular flexibility index (Phi) is 5.62. The van der Waals surface area contributed by atoms with Crippen LogP contribution >= 0.6 is 0 Å². The van der Waals surface area contributed by atoms with Crippen LogP contribution in [-0.2, 0) is 0 Å². The monoisotopic (exact) mass is 249 g/mol. The first kappa shape index (κ1) is 14.5. The topological polar surface area (TPSA) is 54.0 Å². The third kappa shape index (κ3) is 4.02. The van der Waals surface area contributed by atoms with E-state index < -0.39 is 0 Å². The van der Waals surface area contributed by atoms with Gasteiger partial charge in [0, 0.05) is 19.3 Å². The van der Waals surface area contributed by atoms with Gasteiger partial charge in [-0.05, 0) is 31.4 Å². The van der Waals surface area contributed by atoms with Crippen molar-refractivity contribution in [1.29, 1.82) is 0 Å². The highest BCUT2D eigenvalue weighted by atomic mass is 16.1. The average Bonchev–Trinajstić information content (AvgIpc) is 2.38. The smallest absolute Gasteiger partial charge is 0.255 e. The molecule has 1 aromatic heterocycles. The van der Waals surface area contributed by atoms with Crippen molar-refractivity contribution in [2.45, 2.75) is 39.7 Å². The average molecular weight is 249 g/mol. The first-order chi connectivity index (χ1) is 8.58. The number of carbonyl (C=O) groups is 1. The SMILES string of the molecule is CCC(C)CC(C)NC(=O)c1cccnc1NC. The molecule has 0 aliphatic rings. The maximum absolute atomic E-state index is 12.1. The van der Waals surface area contributed by atoms with E-state index in [0.29, 0.717) is 17.3 Å². The maximum atomic E-state index is 12.1. The van der Waals surface area contributed by atoms with Gasteiger partial charge in [-0.2, -0.15) is 0 Å². The van der Waals surface area contributed by atoms with Crippen molar-refractivity contribution in [2.75, 3.05) is 12.4 Å². The van der Waals surface area contributed by atoms with Crippen LogP contribution in [0.5, 0.6) is 0 Å². The molecule has 1 aromatic rings. The molecule has 0 saturated heterocycles. The molecular formula is C14H23N3O. The van der Waals surface area contributed by atoms with Gasteiger partial charge in [-0.15, -0.1) is 0 Å². The molecule has 0 bridgehead atoms. The summed E-state index contributed by atoms with van der Waals surface area (Å²) in [5.41, 5.74) is 0.594. The van der Waals surface area contributed by atoms with Gasteiger partial charge >= 0.3 is 0 Å². The lowest BCUT2D eigenvalue weighted by Crippen LogP contribution is -2.34. The first-order valence-corrected chi connectivity index (χ1v) is 6.52. The predicted molar refractivity (Wildman–Crippen MR) is 74.8 cm³/mol. The highest BCUT2D eigenvalue weighted by Crippen LogP contribution is 2.13. The molecule has 0 fully saturated rings. The van der Waals surface area contributed by atoms with Gasteiger partial charge in [0.05, 0.1) is 5.56 Å². The lowest BCUT2D eigenvalue weighted by atomic mass is 10.0. The molecule has 0 aliphatic carbocycles. The first-order valence-electron chi connectivity index (χ1n) is 6.52. The summed E-state index contributed by atoms with van der Waals surface area (Å²) >= 11 is 0. The number of hydrogen-bond donors (Lipinski definition) is 2. The van der Waals surface area contributed by atoms with Crippen LogP contribution in [0.3, 0.4) is 0 Å². The highest BCUT2D eigenvalue weighted by molar-refractivity contribution is 5.98. The second-order valence-corrected chi connectivity index (χ2v) is 4.77. The minimum atomic E-state index is -0.0664. The van der Waals surface area contributed by atoms with Gasteiger partial charge in [0.2, 0.25) is 0 Å². The third-order valence-electron chi connectivity index (χ3n) is 3.12. The van der Waals surface area contributed by atoms with Crippen LogP contribution < -0.4 is 10.6 Å². The molecule has 4 heteroatoms. The molecule has 2 atom stereocenters. The summed E-state index contributed by atoms with van der Waals surface area (Å²) in [7, 11) is 1.77. The predicted octanol–water partition coefficient (Wildman–Crippen LogP) is 2.68. The zero-order valence-corrected chi connectivity index (χ0v) is 11.7. The fourth-order valence-corrected chi connectivity index (χ4v) is 1.92. The molecule has 2 unspecified atom stereocenters. The summed E-state index contributed by atoms with van der Waals surface area (Å²) in [6.45, 7) is 6.41. The molecule has 100 valence electrons. The van der Waals surface area contributed by atoms with Crippen LogP contribution in [0.25, 0.3) is 0 Å². The van der Waals surface area contributed by atoms with E-state index in [9.17, 15) is 4.79 Å². The Labute approximate surface area is 109 Å². The van der Waals surface area contributed by atoms with E-state index in [1.807, 2.05) is 6.92 Å².